The van der Waals surface area contributed by atoms with Gasteiger partial charge in [-0.05, 0) is 36.4 Å². The average molecular weight is 205 g/mol. The maximum absolute atomic E-state index is 5.60. The van der Waals surface area contributed by atoms with E-state index in [1.807, 2.05) is 11.3 Å². The second-order valence-electron chi connectivity index (χ2n) is 3.44. The van der Waals surface area contributed by atoms with Crippen molar-refractivity contribution in [2.24, 2.45) is 5.73 Å². The Bertz CT molecular complexity index is 431. The molecule has 1 heterocycles. The van der Waals surface area contributed by atoms with E-state index in [4.69, 9.17) is 5.73 Å². The summed E-state index contributed by atoms with van der Waals surface area (Å²) in [7, 11) is 0. The van der Waals surface area contributed by atoms with Gasteiger partial charge in [-0.3, -0.25) is 0 Å². The first-order valence-corrected chi connectivity index (χ1v) is 5.87. The highest BCUT2D eigenvalue weighted by atomic mass is 32.1. The zero-order valence-corrected chi connectivity index (χ0v) is 9.23. The molecule has 0 aliphatic carbocycles. The van der Waals surface area contributed by atoms with Crippen molar-refractivity contribution in [1.82, 2.24) is 0 Å². The van der Waals surface area contributed by atoms with Crippen LogP contribution in [0.2, 0.25) is 0 Å². The lowest BCUT2D eigenvalue weighted by molar-refractivity contribution is 0.979. The van der Waals surface area contributed by atoms with Gasteiger partial charge in [-0.2, -0.15) is 0 Å². The van der Waals surface area contributed by atoms with Crippen LogP contribution in [0.25, 0.3) is 10.1 Å². The van der Waals surface area contributed by atoms with Crippen LogP contribution < -0.4 is 5.73 Å². The van der Waals surface area contributed by atoms with Gasteiger partial charge in [0.15, 0.2) is 0 Å². The summed E-state index contributed by atoms with van der Waals surface area (Å²) in [5, 5.41) is 1.37. The number of benzene rings is 1. The predicted octanol–water partition coefficient (Wildman–Crippen LogP) is 2.96. The van der Waals surface area contributed by atoms with E-state index < -0.39 is 0 Å². The lowest BCUT2D eigenvalue weighted by Crippen LogP contribution is -2.02. The molecule has 2 heteroatoms. The maximum atomic E-state index is 5.60. The molecule has 74 valence electrons. The van der Waals surface area contributed by atoms with Crippen molar-refractivity contribution in [2.75, 3.05) is 6.54 Å². The van der Waals surface area contributed by atoms with Gasteiger partial charge in [0.05, 0.1) is 0 Å². The quantitative estimate of drug-likeness (QED) is 0.819. The van der Waals surface area contributed by atoms with Crippen LogP contribution in [0.3, 0.4) is 0 Å². The summed E-state index contributed by atoms with van der Waals surface area (Å²) in [5.74, 6) is 0. The minimum atomic E-state index is 0.735. The van der Waals surface area contributed by atoms with Crippen LogP contribution in [-0.4, -0.2) is 6.54 Å². The number of hydrogen-bond acceptors (Lipinski definition) is 2. The van der Waals surface area contributed by atoms with Gasteiger partial charge >= 0.3 is 0 Å². The molecule has 1 nitrogen and oxygen atoms in total. The van der Waals surface area contributed by atoms with Crippen LogP contribution in [0.1, 0.15) is 17.4 Å². The predicted molar refractivity (Wildman–Crippen MR) is 64.0 cm³/mol. The molecule has 0 unspecified atom stereocenters. The normalized spacial score (nSPS) is 11.0. The number of rotatable bonds is 3. The van der Waals surface area contributed by atoms with Crippen LogP contribution in [0.5, 0.6) is 0 Å². The fraction of sp³-hybridized carbons (Fsp3) is 0.333. The molecule has 0 fully saturated rings. The molecule has 1 aromatic heterocycles. The van der Waals surface area contributed by atoms with Crippen molar-refractivity contribution in [3.63, 3.8) is 0 Å². The Morgan fingerprint density at radius 2 is 2.21 bits per heavy atom. The largest absolute Gasteiger partial charge is 0.330 e. The monoisotopic (exact) mass is 205 g/mol. The number of thiophene rings is 1. The van der Waals surface area contributed by atoms with E-state index in [2.05, 4.69) is 31.2 Å². The first-order valence-electron chi connectivity index (χ1n) is 5.05. The topological polar surface area (TPSA) is 26.0 Å². The number of aryl methyl sites for hydroxylation is 1. The van der Waals surface area contributed by atoms with Gasteiger partial charge in [0.2, 0.25) is 0 Å². The molecule has 0 amide bonds. The fourth-order valence-electron chi connectivity index (χ4n) is 1.70. The van der Waals surface area contributed by atoms with Crippen molar-refractivity contribution >= 4 is 21.4 Å². The van der Waals surface area contributed by atoms with Gasteiger partial charge in [-0.15, -0.1) is 11.3 Å². The van der Waals surface area contributed by atoms with Gasteiger partial charge in [-0.25, -0.2) is 0 Å². The van der Waals surface area contributed by atoms with Crippen LogP contribution in [0.15, 0.2) is 24.3 Å². The van der Waals surface area contributed by atoms with Crippen LogP contribution in [0.4, 0.5) is 0 Å². The molecule has 2 rings (SSSR count). The molecule has 0 aliphatic heterocycles. The molecule has 2 aromatic rings. The zero-order valence-electron chi connectivity index (χ0n) is 8.42. The first-order chi connectivity index (χ1) is 6.85. The van der Waals surface area contributed by atoms with E-state index in [1.54, 1.807) is 0 Å². The minimum absolute atomic E-state index is 0.735. The zero-order chi connectivity index (χ0) is 9.97. The summed E-state index contributed by atoms with van der Waals surface area (Å²) in [4.78, 5) is 1.46. The molecule has 0 saturated heterocycles. The average Bonchev–Trinajstić information content (AvgIpc) is 2.62. The van der Waals surface area contributed by atoms with Crippen molar-refractivity contribution in [3.05, 3.63) is 34.7 Å². The SMILES string of the molecule is CCc1cc2cccc(CCN)c2s1. The van der Waals surface area contributed by atoms with E-state index in [0.717, 1.165) is 19.4 Å². The van der Waals surface area contributed by atoms with E-state index in [9.17, 15) is 0 Å². The molecule has 0 aliphatic rings. The lowest BCUT2D eigenvalue weighted by Gasteiger charge is -1.99. The van der Waals surface area contributed by atoms with Crippen LogP contribution >= 0.6 is 11.3 Å². The molecular weight excluding hydrogens is 190 g/mol. The molecular formula is C12H15NS. The van der Waals surface area contributed by atoms with Gasteiger partial charge in [-0.1, -0.05) is 25.1 Å². The van der Waals surface area contributed by atoms with Gasteiger partial charge in [0.1, 0.15) is 0 Å². The Morgan fingerprint density at radius 3 is 2.93 bits per heavy atom. The van der Waals surface area contributed by atoms with Gasteiger partial charge < -0.3 is 5.73 Å². The van der Waals surface area contributed by atoms with Crippen LogP contribution in [-0.2, 0) is 12.8 Å². The van der Waals surface area contributed by atoms with E-state index >= 15 is 0 Å². The highest BCUT2D eigenvalue weighted by Crippen LogP contribution is 2.29. The van der Waals surface area contributed by atoms with Crippen LogP contribution in [0, 0.1) is 0 Å². The smallest absolute Gasteiger partial charge is 0.0378 e. The molecule has 2 N–H and O–H groups in total. The van der Waals surface area contributed by atoms with Crippen molar-refractivity contribution < 1.29 is 0 Å². The Labute approximate surface area is 88.6 Å². The molecule has 0 bridgehead atoms. The lowest BCUT2D eigenvalue weighted by atomic mass is 10.1. The van der Waals surface area contributed by atoms with E-state index in [0.29, 0.717) is 0 Å². The second-order valence-corrected chi connectivity index (χ2v) is 4.58. The minimum Gasteiger partial charge on any atom is -0.330 e. The maximum Gasteiger partial charge on any atom is 0.0378 e. The van der Waals surface area contributed by atoms with E-state index in [1.165, 1.54) is 20.5 Å². The first kappa shape index (κ1) is 9.69. The molecule has 0 spiro atoms. The third-order valence-corrected chi connectivity index (χ3v) is 3.81. The second kappa shape index (κ2) is 4.11. The molecule has 0 radical (unpaired) electrons. The Morgan fingerprint density at radius 1 is 1.36 bits per heavy atom. The molecule has 14 heavy (non-hydrogen) atoms. The molecule has 1 aromatic carbocycles. The summed E-state index contributed by atoms with van der Waals surface area (Å²) >= 11 is 1.91. The molecule has 0 atom stereocenters. The summed E-state index contributed by atoms with van der Waals surface area (Å²) in [6.07, 6.45) is 2.11. The Kier molecular flexibility index (Phi) is 2.85. The standard InChI is InChI=1S/C12H15NS/c1-2-11-8-10-5-3-4-9(6-7-13)12(10)14-11/h3-5,8H,2,6-7,13H2,1H3. The summed E-state index contributed by atoms with van der Waals surface area (Å²) < 4.78 is 1.43. The highest BCUT2D eigenvalue weighted by Gasteiger charge is 2.04. The third-order valence-electron chi connectivity index (χ3n) is 2.44. The van der Waals surface area contributed by atoms with Crippen molar-refractivity contribution in [2.45, 2.75) is 19.8 Å². The highest BCUT2D eigenvalue weighted by molar-refractivity contribution is 7.19. The number of fused-ring (bicyclic) bond motifs is 1. The van der Waals surface area contributed by atoms with Crippen molar-refractivity contribution in [1.29, 1.82) is 0 Å². The summed E-state index contributed by atoms with van der Waals surface area (Å²) in [5.41, 5.74) is 6.99. The van der Waals surface area contributed by atoms with E-state index in [-0.39, 0.29) is 0 Å². The Balaban J connectivity index is 2.55. The fourth-order valence-corrected chi connectivity index (χ4v) is 2.84. The number of nitrogens with two attached hydrogens (primary N) is 1. The third kappa shape index (κ3) is 1.68. The summed E-state index contributed by atoms with van der Waals surface area (Å²) in [6, 6.07) is 8.79. The Hall–Kier alpha value is -0.860. The number of hydrogen-bond donors (Lipinski definition) is 1. The summed E-state index contributed by atoms with van der Waals surface area (Å²) in [6.45, 7) is 2.94. The molecule has 0 saturated carbocycles. The van der Waals surface area contributed by atoms with Gasteiger partial charge in [0.25, 0.3) is 0 Å². The van der Waals surface area contributed by atoms with Gasteiger partial charge in [0, 0.05) is 9.58 Å². The van der Waals surface area contributed by atoms with Crippen molar-refractivity contribution in [3.8, 4) is 0 Å².